The average Bonchev–Trinajstić information content (AvgIpc) is 2.60. The topological polar surface area (TPSA) is 58.2 Å². The summed E-state index contributed by atoms with van der Waals surface area (Å²) in [5, 5.41) is 5.91. The highest BCUT2D eigenvalue weighted by atomic mass is 16.2. The van der Waals surface area contributed by atoms with Gasteiger partial charge in [-0.3, -0.25) is 9.59 Å². The first kappa shape index (κ1) is 20.7. The van der Waals surface area contributed by atoms with Crippen molar-refractivity contribution in [1.82, 2.24) is 5.32 Å². The Morgan fingerprint density at radius 3 is 2.11 bits per heavy atom. The van der Waals surface area contributed by atoms with Crippen molar-refractivity contribution in [1.29, 1.82) is 0 Å². The molecule has 0 heterocycles. The fourth-order valence-electron chi connectivity index (χ4n) is 2.72. The maximum atomic E-state index is 12.9. The molecule has 0 aromatic heterocycles. The van der Waals surface area contributed by atoms with Gasteiger partial charge in [-0.15, -0.1) is 0 Å². The van der Waals surface area contributed by atoms with E-state index in [1.165, 1.54) is 5.56 Å². The molecule has 4 heteroatoms. The van der Waals surface area contributed by atoms with Gasteiger partial charge in [-0.2, -0.15) is 0 Å². The molecule has 0 saturated carbocycles. The van der Waals surface area contributed by atoms with Gasteiger partial charge in [-0.05, 0) is 29.5 Å². The van der Waals surface area contributed by atoms with E-state index in [0.29, 0.717) is 0 Å². The van der Waals surface area contributed by atoms with Crippen molar-refractivity contribution in [2.75, 3.05) is 5.32 Å². The first-order valence-corrected chi connectivity index (χ1v) is 9.42. The monoisotopic (exact) mass is 366 g/mol. The average molecular weight is 367 g/mol. The third-order valence-corrected chi connectivity index (χ3v) is 4.43. The van der Waals surface area contributed by atoms with Gasteiger partial charge < -0.3 is 10.6 Å². The maximum absolute atomic E-state index is 12.9. The lowest BCUT2D eigenvalue weighted by atomic mass is 9.93. The quantitative estimate of drug-likeness (QED) is 0.796. The molecule has 0 bridgehead atoms. The van der Waals surface area contributed by atoms with Gasteiger partial charge in [0.05, 0.1) is 0 Å². The summed E-state index contributed by atoms with van der Waals surface area (Å²) in [4.78, 5) is 25.2. The number of hydrogen-bond donors (Lipinski definition) is 2. The Hall–Kier alpha value is -2.62. The molecule has 1 atom stereocenters. The van der Waals surface area contributed by atoms with Crippen LogP contribution in [0.2, 0.25) is 0 Å². The Kier molecular flexibility index (Phi) is 6.78. The molecule has 1 unspecified atom stereocenters. The Bertz CT molecular complexity index is 776. The molecule has 2 aromatic rings. The van der Waals surface area contributed by atoms with E-state index in [0.717, 1.165) is 17.7 Å². The van der Waals surface area contributed by atoms with Crippen LogP contribution < -0.4 is 10.6 Å². The molecule has 2 N–H and O–H groups in total. The summed E-state index contributed by atoms with van der Waals surface area (Å²) in [7, 11) is 0. The van der Waals surface area contributed by atoms with E-state index in [2.05, 4.69) is 22.8 Å². The largest absolute Gasteiger partial charge is 0.344 e. The van der Waals surface area contributed by atoms with Gasteiger partial charge in [0.1, 0.15) is 6.04 Å². The van der Waals surface area contributed by atoms with Gasteiger partial charge in [0.2, 0.25) is 11.8 Å². The van der Waals surface area contributed by atoms with Gasteiger partial charge >= 0.3 is 0 Å². The third kappa shape index (κ3) is 5.95. The Labute approximate surface area is 162 Å². The van der Waals surface area contributed by atoms with E-state index >= 15 is 0 Å². The molecule has 0 aliphatic rings. The van der Waals surface area contributed by atoms with Crippen LogP contribution in [0.5, 0.6) is 0 Å². The molecule has 4 nitrogen and oxygen atoms in total. The highest BCUT2D eigenvalue weighted by molar-refractivity contribution is 5.98. The number of carbonyl (C=O) groups excluding carboxylic acids is 2. The van der Waals surface area contributed by atoms with Crippen molar-refractivity contribution < 1.29 is 9.59 Å². The minimum Gasteiger partial charge on any atom is -0.344 e. The number of carbonyl (C=O) groups is 2. The second-order valence-corrected chi connectivity index (χ2v) is 8.25. The number of anilines is 1. The van der Waals surface area contributed by atoms with E-state index in [1.807, 2.05) is 77.1 Å². The molecule has 27 heavy (non-hydrogen) atoms. The van der Waals surface area contributed by atoms with Crippen LogP contribution in [0.3, 0.4) is 0 Å². The summed E-state index contributed by atoms with van der Waals surface area (Å²) < 4.78 is 0. The lowest BCUT2D eigenvalue weighted by Gasteiger charge is -2.26. The van der Waals surface area contributed by atoms with Crippen LogP contribution in [-0.2, 0) is 16.0 Å². The van der Waals surface area contributed by atoms with E-state index in [-0.39, 0.29) is 17.7 Å². The number of nitrogens with one attached hydrogen (secondary N) is 2. The number of hydrogen-bond acceptors (Lipinski definition) is 2. The Morgan fingerprint density at radius 2 is 1.52 bits per heavy atom. The van der Waals surface area contributed by atoms with Gasteiger partial charge in [-0.1, -0.05) is 83.1 Å². The van der Waals surface area contributed by atoms with Gasteiger partial charge in [0.15, 0.2) is 0 Å². The lowest BCUT2D eigenvalue weighted by molar-refractivity contribution is -0.132. The molecule has 2 aromatic carbocycles. The van der Waals surface area contributed by atoms with Crippen molar-refractivity contribution in [2.45, 2.75) is 47.1 Å². The first-order valence-electron chi connectivity index (χ1n) is 9.42. The summed E-state index contributed by atoms with van der Waals surface area (Å²) in [6.07, 6.45) is 0.734. The molecule has 0 fully saturated rings. The van der Waals surface area contributed by atoms with Crippen molar-refractivity contribution in [2.24, 2.45) is 11.3 Å². The van der Waals surface area contributed by atoms with Crippen LogP contribution in [0.15, 0.2) is 54.6 Å². The highest BCUT2D eigenvalue weighted by Crippen LogP contribution is 2.20. The van der Waals surface area contributed by atoms with E-state index in [9.17, 15) is 9.59 Å². The number of benzene rings is 2. The summed E-state index contributed by atoms with van der Waals surface area (Å²) in [6.45, 7) is 9.39. The zero-order valence-electron chi connectivity index (χ0n) is 16.9. The third-order valence-electron chi connectivity index (χ3n) is 4.43. The van der Waals surface area contributed by atoms with E-state index < -0.39 is 11.5 Å². The molecule has 2 amide bonds. The SMILES string of the molecule is CC(C)C(NC(=O)C(C)(C)C)C(=O)Nc1ccccc1Cc1ccccc1. The normalized spacial score (nSPS) is 12.5. The first-order chi connectivity index (χ1) is 12.7. The van der Waals surface area contributed by atoms with Crippen LogP contribution in [0.4, 0.5) is 5.69 Å². The lowest BCUT2D eigenvalue weighted by Crippen LogP contribution is -2.50. The molecular weight excluding hydrogens is 336 g/mol. The molecule has 0 aliphatic carbocycles. The summed E-state index contributed by atoms with van der Waals surface area (Å²) >= 11 is 0. The van der Waals surface area contributed by atoms with Crippen LogP contribution in [0.25, 0.3) is 0 Å². The van der Waals surface area contributed by atoms with Crippen molar-refractivity contribution in [3.8, 4) is 0 Å². The van der Waals surface area contributed by atoms with Gasteiger partial charge in [-0.25, -0.2) is 0 Å². The second-order valence-electron chi connectivity index (χ2n) is 8.25. The second kappa shape index (κ2) is 8.85. The summed E-state index contributed by atoms with van der Waals surface area (Å²) in [5.74, 6) is -0.338. The number of rotatable bonds is 6. The van der Waals surface area contributed by atoms with Crippen molar-refractivity contribution in [3.63, 3.8) is 0 Å². The predicted molar refractivity (Wildman–Crippen MR) is 111 cm³/mol. The molecule has 2 rings (SSSR count). The smallest absolute Gasteiger partial charge is 0.247 e. The fourth-order valence-corrected chi connectivity index (χ4v) is 2.72. The highest BCUT2D eigenvalue weighted by Gasteiger charge is 2.29. The molecular formula is C23H30N2O2. The van der Waals surface area contributed by atoms with Crippen molar-refractivity contribution in [3.05, 3.63) is 65.7 Å². The van der Waals surface area contributed by atoms with Crippen LogP contribution in [-0.4, -0.2) is 17.9 Å². The molecule has 0 saturated heterocycles. The zero-order chi connectivity index (χ0) is 20.0. The number of amides is 2. The molecule has 0 aliphatic heterocycles. The summed E-state index contributed by atoms with van der Waals surface area (Å²) in [6, 6.07) is 17.3. The van der Waals surface area contributed by atoms with Gasteiger partial charge in [0.25, 0.3) is 0 Å². The zero-order valence-corrected chi connectivity index (χ0v) is 16.9. The van der Waals surface area contributed by atoms with Gasteiger partial charge in [0, 0.05) is 11.1 Å². The summed E-state index contributed by atoms with van der Waals surface area (Å²) in [5.41, 5.74) is 2.46. The maximum Gasteiger partial charge on any atom is 0.247 e. The molecule has 144 valence electrons. The standard InChI is InChI=1S/C23H30N2O2/c1-16(2)20(25-22(27)23(3,4)5)21(26)24-19-14-10-9-13-18(19)15-17-11-7-6-8-12-17/h6-14,16,20H,15H2,1-5H3,(H,24,26)(H,25,27). The minimum atomic E-state index is -0.582. The molecule has 0 spiro atoms. The Balaban J connectivity index is 2.17. The van der Waals surface area contributed by atoms with Crippen LogP contribution >= 0.6 is 0 Å². The van der Waals surface area contributed by atoms with Crippen LogP contribution in [0.1, 0.15) is 45.7 Å². The van der Waals surface area contributed by atoms with E-state index in [4.69, 9.17) is 0 Å². The molecule has 0 radical (unpaired) electrons. The number of para-hydroxylation sites is 1. The Morgan fingerprint density at radius 1 is 0.926 bits per heavy atom. The minimum absolute atomic E-state index is 0.0161. The van der Waals surface area contributed by atoms with Crippen LogP contribution in [0, 0.1) is 11.3 Å². The van der Waals surface area contributed by atoms with E-state index in [1.54, 1.807) is 0 Å². The van der Waals surface area contributed by atoms with Crippen molar-refractivity contribution >= 4 is 17.5 Å². The predicted octanol–water partition coefficient (Wildman–Crippen LogP) is 4.40. The fraction of sp³-hybridized carbons (Fsp3) is 0.391.